The molecule has 3 N–H and O–H groups in total. The Morgan fingerprint density at radius 2 is 1.92 bits per heavy atom. The molecule has 5 heteroatoms. The first-order chi connectivity index (χ1) is 12.5. The maximum absolute atomic E-state index is 13.6. The minimum atomic E-state index is -0.707. The predicted molar refractivity (Wildman–Crippen MR) is 101 cm³/mol. The van der Waals surface area contributed by atoms with Crippen LogP contribution in [-0.2, 0) is 6.42 Å². The number of fused-ring (bicyclic) bond motifs is 1. The maximum atomic E-state index is 13.6. The van der Waals surface area contributed by atoms with Crippen LogP contribution in [0.2, 0.25) is 0 Å². The Hall–Kier alpha value is -3.08. The van der Waals surface area contributed by atoms with Crippen molar-refractivity contribution in [1.29, 1.82) is 0 Å². The highest BCUT2D eigenvalue weighted by molar-refractivity contribution is 6.06. The number of primary amides is 1. The van der Waals surface area contributed by atoms with Crippen LogP contribution >= 0.6 is 0 Å². The lowest BCUT2D eigenvalue weighted by atomic mass is 10.1. The van der Waals surface area contributed by atoms with Gasteiger partial charge < -0.3 is 15.5 Å². The average Bonchev–Trinajstić information content (AvgIpc) is 2.98. The molecule has 2 aromatic carbocycles. The van der Waals surface area contributed by atoms with Crippen molar-refractivity contribution in [2.24, 2.45) is 5.73 Å². The second-order valence-corrected chi connectivity index (χ2v) is 6.23. The number of carbonyl (C=O) groups excluding carboxylic acids is 1. The molecule has 0 spiro atoms. The van der Waals surface area contributed by atoms with Gasteiger partial charge >= 0.3 is 0 Å². The van der Waals surface area contributed by atoms with Gasteiger partial charge in [-0.05, 0) is 49.4 Å². The molecule has 3 rings (SSSR count). The molecule has 0 radical (unpaired) electrons. The molecule has 26 heavy (non-hydrogen) atoms. The summed E-state index contributed by atoms with van der Waals surface area (Å²) in [7, 11) is 0. The Labute approximate surface area is 151 Å². The summed E-state index contributed by atoms with van der Waals surface area (Å²) in [5.74, 6) is -1.14. The first-order valence-electron chi connectivity index (χ1n) is 8.55. The van der Waals surface area contributed by atoms with Crippen LogP contribution in [0.3, 0.4) is 0 Å². The van der Waals surface area contributed by atoms with Crippen molar-refractivity contribution in [3.63, 3.8) is 0 Å². The van der Waals surface area contributed by atoms with Gasteiger partial charge in [-0.3, -0.25) is 4.79 Å². The number of hydrogen-bond acceptors (Lipinski definition) is 3. The van der Waals surface area contributed by atoms with Gasteiger partial charge in [0.25, 0.3) is 5.91 Å². The molecule has 1 heterocycles. The normalized spacial score (nSPS) is 10.8. The van der Waals surface area contributed by atoms with E-state index < -0.39 is 11.7 Å². The van der Waals surface area contributed by atoms with Crippen LogP contribution < -0.4 is 11.1 Å². The molecule has 0 fully saturated rings. The SMILES string of the molecule is C=C(CCCCc1ccccc1)Nc1c(C(N)=O)oc2ccc(F)cc12. The summed E-state index contributed by atoms with van der Waals surface area (Å²) in [4.78, 5) is 11.6. The Morgan fingerprint density at radius 1 is 1.15 bits per heavy atom. The number of nitrogens with two attached hydrogens (primary N) is 1. The second-order valence-electron chi connectivity index (χ2n) is 6.23. The van der Waals surface area contributed by atoms with E-state index in [1.807, 2.05) is 18.2 Å². The third kappa shape index (κ3) is 4.11. The Bertz CT molecular complexity index is 932. The minimum Gasteiger partial charge on any atom is -0.449 e. The number of amides is 1. The lowest BCUT2D eigenvalue weighted by Gasteiger charge is -2.09. The number of anilines is 1. The third-order valence-electron chi connectivity index (χ3n) is 4.21. The zero-order valence-corrected chi connectivity index (χ0v) is 14.4. The summed E-state index contributed by atoms with van der Waals surface area (Å²) in [6.45, 7) is 4.01. The molecule has 0 aliphatic rings. The molecule has 134 valence electrons. The highest BCUT2D eigenvalue weighted by Gasteiger charge is 2.19. The van der Waals surface area contributed by atoms with E-state index >= 15 is 0 Å². The van der Waals surface area contributed by atoms with Crippen LogP contribution in [0.5, 0.6) is 0 Å². The lowest BCUT2D eigenvalue weighted by molar-refractivity contribution is 0.0977. The number of hydrogen-bond donors (Lipinski definition) is 2. The molecular formula is C21H21FN2O2. The van der Waals surface area contributed by atoms with Crippen LogP contribution in [0.15, 0.2) is 65.2 Å². The number of carbonyl (C=O) groups is 1. The number of nitrogens with one attached hydrogen (secondary N) is 1. The quantitative estimate of drug-likeness (QED) is 0.560. The largest absolute Gasteiger partial charge is 0.449 e. The molecule has 0 aliphatic carbocycles. The topological polar surface area (TPSA) is 68.3 Å². The Morgan fingerprint density at radius 3 is 2.65 bits per heavy atom. The summed E-state index contributed by atoms with van der Waals surface area (Å²) in [6, 6.07) is 14.4. The number of halogens is 1. The molecule has 4 nitrogen and oxygen atoms in total. The summed E-state index contributed by atoms with van der Waals surface area (Å²) >= 11 is 0. The summed E-state index contributed by atoms with van der Waals surface area (Å²) < 4.78 is 19.0. The molecule has 0 atom stereocenters. The van der Waals surface area contributed by atoms with Crippen molar-refractivity contribution >= 4 is 22.6 Å². The van der Waals surface area contributed by atoms with Gasteiger partial charge in [-0.15, -0.1) is 0 Å². The third-order valence-corrected chi connectivity index (χ3v) is 4.21. The van der Waals surface area contributed by atoms with Crippen molar-refractivity contribution in [3.8, 4) is 0 Å². The van der Waals surface area contributed by atoms with Gasteiger partial charge in [0, 0.05) is 11.1 Å². The zero-order chi connectivity index (χ0) is 18.5. The molecule has 0 aliphatic heterocycles. The van der Waals surface area contributed by atoms with Gasteiger partial charge in [-0.1, -0.05) is 36.9 Å². The van der Waals surface area contributed by atoms with Crippen LogP contribution in [0, 0.1) is 5.82 Å². The van der Waals surface area contributed by atoms with Gasteiger partial charge in [-0.2, -0.15) is 0 Å². The fourth-order valence-corrected chi connectivity index (χ4v) is 2.92. The van der Waals surface area contributed by atoms with E-state index in [1.165, 1.54) is 23.8 Å². The highest BCUT2D eigenvalue weighted by atomic mass is 19.1. The van der Waals surface area contributed by atoms with Crippen molar-refractivity contribution in [2.45, 2.75) is 25.7 Å². The number of rotatable bonds is 8. The van der Waals surface area contributed by atoms with E-state index in [1.54, 1.807) is 0 Å². The van der Waals surface area contributed by atoms with Crippen LogP contribution in [0.1, 0.15) is 35.4 Å². The van der Waals surface area contributed by atoms with E-state index in [0.29, 0.717) is 16.7 Å². The van der Waals surface area contributed by atoms with Gasteiger partial charge in [0.05, 0.1) is 5.69 Å². The van der Waals surface area contributed by atoms with E-state index in [-0.39, 0.29) is 5.76 Å². The molecule has 0 unspecified atom stereocenters. The molecule has 0 saturated carbocycles. The van der Waals surface area contributed by atoms with Gasteiger partial charge in [0.1, 0.15) is 11.4 Å². The fraction of sp³-hybridized carbons (Fsp3) is 0.190. The first kappa shape index (κ1) is 17.7. The van der Waals surface area contributed by atoms with Crippen LogP contribution in [0.4, 0.5) is 10.1 Å². The zero-order valence-electron chi connectivity index (χ0n) is 14.4. The fourth-order valence-electron chi connectivity index (χ4n) is 2.92. The molecule has 0 bridgehead atoms. The smallest absolute Gasteiger partial charge is 0.286 e. The summed E-state index contributed by atoms with van der Waals surface area (Å²) in [5.41, 5.74) is 8.19. The number of unbranched alkanes of at least 4 members (excludes halogenated alkanes) is 1. The molecule has 0 saturated heterocycles. The average molecular weight is 352 g/mol. The van der Waals surface area contributed by atoms with Gasteiger partial charge in [-0.25, -0.2) is 4.39 Å². The Kier molecular flexibility index (Phi) is 5.37. The van der Waals surface area contributed by atoms with E-state index in [2.05, 4.69) is 24.0 Å². The number of allylic oxidation sites excluding steroid dienone is 1. The van der Waals surface area contributed by atoms with E-state index in [4.69, 9.17) is 10.2 Å². The van der Waals surface area contributed by atoms with Gasteiger partial charge in [0.2, 0.25) is 5.76 Å². The van der Waals surface area contributed by atoms with Crippen molar-refractivity contribution in [2.75, 3.05) is 5.32 Å². The highest BCUT2D eigenvalue weighted by Crippen LogP contribution is 2.32. The first-order valence-corrected chi connectivity index (χ1v) is 8.55. The monoisotopic (exact) mass is 352 g/mol. The number of furan rings is 1. The van der Waals surface area contributed by atoms with Crippen molar-refractivity contribution in [1.82, 2.24) is 0 Å². The molecule has 1 amide bonds. The summed E-state index contributed by atoms with van der Waals surface area (Å²) in [5, 5.41) is 3.56. The minimum absolute atomic E-state index is 0.0176. The standard InChI is InChI=1S/C21H21FN2O2/c1-14(7-5-6-10-15-8-3-2-4-9-15)24-19-17-13-16(22)11-12-18(17)26-20(19)21(23)25/h2-4,8-9,11-13,24H,1,5-7,10H2,(H2,23,25). The molecule has 1 aromatic heterocycles. The lowest BCUT2D eigenvalue weighted by Crippen LogP contribution is -2.12. The Balaban J connectivity index is 1.64. The van der Waals surface area contributed by atoms with Crippen molar-refractivity contribution in [3.05, 3.63) is 77.9 Å². The second kappa shape index (κ2) is 7.87. The molecular weight excluding hydrogens is 331 g/mol. The summed E-state index contributed by atoms with van der Waals surface area (Å²) in [6.07, 6.45) is 3.69. The molecule has 3 aromatic rings. The maximum Gasteiger partial charge on any atom is 0.286 e. The van der Waals surface area contributed by atoms with E-state index in [9.17, 15) is 9.18 Å². The number of benzene rings is 2. The van der Waals surface area contributed by atoms with Crippen molar-refractivity contribution < 1.29 is 13.6 Å². The van der Waals surface area contributed by atoms with Crippen LogP contribution in [0.25, 0.3) is 11.0 Å². The number of aryl methyl sites for hydroxylation is 1. The van der Waals surface area contributed by atoms with Crippen LogP contribution in [-0.4, -0.2) is 5.91 Å². The van der Waals surface area contributed by atoms with E-state index in [0.717, 1.165) is 31.4 Å². The predicted octanol–water partition coefficient (Wildman–Crippen LogP) is 5.01. The van der Waals surface area contributed by atoms with Gasteiger partial charge in [0.15, 0.2) is 0 Å².